The lowest BCUT2D eigenvalue weighted by atomic mass is 10.1. The Kier molecular flexibility index (Phi) is 4.62. The molecule has 0 aliphatic heterocycles. The lowest BCUT2D eigenvalue weighted by Crippen LogP contribution is -2.14. The van der Waals surface area contributed by atoms with E-state index in [2.05, 4.69) is 19.2 Å². The lowest BCUT2D eigenvalue weighted by molar-refractivity contribution is 0.0697. The van der Waals surface area contributed by atoms with Gasteiger partial charge in [-0.1, -0.05) is 24.9 Å². The number of nitrogens with one attached hydrogen (secondary N) is 1. The van der Waals surface area contributed by atoms with Gasteiger partial charge in [0.25, 0.3) is 0 Å². The Morgan fingerprint density at radius 1 is 1.56 bits per heavy atom. The molecule has 4 heteroatoms. The van der Waals surface area contributed by atoms with Gasteiger partial charge in [-0.3, -0.25) is 0 Å². The molecule has 2 N–H and O–H groups in total. The molecule has 0 aliphatic rings. The standard InChI is InChI=1S/C12H16ClNO2/c1-3-4-8(2)14-9-5-6-11(13)10(7-9)12(15)16/h5-8,14H,3-4H2,1-2H3,(H,15,16). The van der Waals surface area contributed by atoms with Crippen molar-refractivity contribution < 1.29 is 9.90 Å². The highest BCUT2D eigenvalue weighted by Gasteiger charge is 2.10. The second-order valence-corrected chi connectivity index (χ2v) is 4.24. The zero-order valence-electron chi connectivity index (χ0n) is 9.46. The maximum atomic E-state index is 10.9. The lowest BCUT2D eigenvalue weighted by Gasteiger charge is -2.14. The van der Waals surface area contributed by atoms with Gasteiger partial charge >= 0.3 is 5.97 Å². The quantitative estimate of drug-likeness (QED) is 0.828. The number of hydrogen-bond donors (Lipinski definition) is 2. The highest BCUT2D eigenvalue weighted by molar-refractivity contribution is 6.33. The summed E-state index contributed by atoms with van der Waals surface area (Å²) in [6.45, 7) is 4.18. The summed E-state index contributed by atoms with van der Waals surface area (Å²) in [5.41, 5.74) is 0.929. The summed E-state index contributed by atoms with van der Waals surface area (Å²) in [5, 5.41) is 12.4. The molecule has 0 aliphatic carbocycles. The van der Waals surface area contributed by atoms with Crippen LogP contribution in [0.5, 0.6) is 0 Å². The highest BCUT2D eigenvalue weighted by atomic mass is 35.5. The molecule has 0 bridgehead atoms. The first-order valence-corrected chi connectivity index (χ1v) is 5.71. The largest absolute Gasteiger partial charge is 0.478 e. The number of carboxylic acid groups (broad SMARTS) is 1. The second kappa shape index (κ2) is 5.75. The Balaban J connectivity index is 2.82. The number of halogens is 1. The summed E-state index contributed by atoms with van der Waals surface area (Å²) in [6.07, 6.45) is 2.14. The summed E-state index contributed by atoms with van der Waals surface area (Å²) in [6, 6.07) is 5.29. The number of carboxylic acids is 1. The smallest absolute Gasteiger partial charge is 0.337 e. The van der Waals surface area contributed by atoms with E-state index in [0.717, 1.165) is 18.5 Å². The fraction of sp³-hybridized carbons (Fsp3) is 0.417. The summed E-state index contributed by atoms with van der Waals surface area (Å²) in [7, 11) is 0. The zero-order valence-corrected chi connectivity index (χ0v) is 10.2. The van der Waals surface area contributed by atoms with Gasteiger partial charge in [-0.2, -0.15) is 0 Å². The molecule has 1 unspecified atom stereocenters. The molecule has 1 aromatic carbocycles. The summed E-state index contributed by atoms with van der Waals surface area (Å²) >= 11 is 5.78. The van der Waals surface area contributed by atoms with Crippen molar-refractivity contribution in [3.8, 4) is 0 Å². The minimum atomic E-state index is -1.00. The van der Waals surface area contributed by atoms with E-state index in [1.165, 1.54) is 0 Å². The molecular weight excluding hydrogens is 226 g/mol. The van der Waals surface area contributed by atoms with Crippen molar-refractivity contribution in [1.29, 1.82) is 0 Å². The van der Waals surface area contributed by atoms with E-state index in [9.17, 15) is 4.79 Å². The molecule has 0 spiro atoms. The third kappa shape index (κ3) is 3.42. The first kappa shape index (κ1) is 12.8. The Morgan fingerprint density at radius 2 is 2.25 bits per heavy atom. The molecule has 0 fully saturated rings. The van der Waals surface area contributed by atoms with Gasteiger partial charge in [0, 0.05) is 11.7 Å². The first-order chi connectivity index (χ1) is 7.54. The van der Waals surface area contributed by atoms with E-state index in [0.29, 0.717) is 6.04 Å². The fourth-order valence-corrected chi connectivity index (χ4v) is 1.77. The number of aromatic carboxylic acids is 1. The minimum Gasteiger partial charge on any atom is -0.478 e. The number of benzene rings is 1. The van der Waals surface area contributed by atoms with Crippen LogP contribution in [0, 0.1) is 0 Å². The molecule has 0 saturated heterocycles. The molecule has 0 saturated carbocycles. The van der Waals surface area contributed by atoms with Gasteiger partial charge in [-0.05, 0) is 31.5 Å². The van der Waals surface area contributed by atoms with Crippen molar-refractivity contribution in [2.45, 2.75) is 32.7 Å². The Morgan fingerprint density at radius 3 is 2.81 bits per heavy atom. The van der Waals surface area contributed by atoms with E-state index in [-0.39, 0.29) is 10.6 Å². The molecule has 0 radical (unpaired) electrons. The van der Waals surface area contributed by atoms with Crippen LogP contribution in [0.25, 0.3) is 0 Å². The fourth-order valence-electron chi connectivity index (χ4n) is 1.57. The Labute approximate surface area is 100 Å². The molecule has 3 nitrogen and oxygen atoms in total. The number of hydrogen-bond acceptors (Lipinski definition) is 2. The van der Waals surface area contributed by atoms with Crippen LogP contribution in [0.4, 0.5) is 5.69 Å². The van der Waals surface area contributed by atoms with Gasteiger partial charge in [0.1, 0.15) is 0 Å². The van der Waals surface area contributed by atoms with Crippen LogP contribution in [0.15, 0.2) is 18.2 Å². The predicted molar refractivity (Wildman–Crippen MR) is 66.4 cm³/mol. The van der Waals surface area contributed by atoms with Crippen molar-refractivity contribution in [2.75, 3.05) is 5.32 Å². The number of carbonyl (C=O) groups is 1. The van der Waals surface area contributed by atoms with Crippen molar-refractivity contribution in [2.24, 2.45) is 0 Å². The van der Waals surface area contributed by atoms with Crippen molar-refractivity contribution in [3.05, 3.63) is 28.8 Å². The van der Waals surface area contributed by atoms with Gasteiger partial charge in [-0.25, -0.2) is 4.79 Å². The van der Waals surface area contributed by atoms with E-state index in [1.54, 1.807) is 18.2 Å². The number of rotatable bonds is 5. The molecule has 88 valence electrons. The molecule has 16 heavy (non-hydrogen) atoms. The predicted octanol–water partition coefficient (Wildman–Crippen LogP) is 3.64. The zero-order chi connectivity index (χ0) is 12.1. The highest BCUT2D eigenvalue weighted by Crippen LogP contribution is 2.21. The average molecular weight is 242 g/mol. The average Bonchev–Trinajstić information content (AvgIpc) is 2.21. The van der Waals surface area contributed by atoms with Gasteiger partial charge in [-0.15, -0.1) is 0 Å². The van der Waals surface area contributed by atoms with E-state index in [4.69, 9.17) is 16.7 Å². The van der Waals surface area contributed by atoms with Crippen LogP contribution >= 0.6 is 11.6 Å². The molecule has 0 aromatic heterocycles. The molecule has 1 aromatic rings. The molecule has 0 heterocycles. The third-order valence-electron chi connectivity index (χ3n) is 2.33. The second-order valence-electron chi connectivity index (χ2n) is 3.83. The molecule has 1 atom stereocenters. The number of anilines is 1. The normalized spacial score (nSPS) is 12.2. The monoisotopic (exact) mass is 241 g/mol. The van der Waals surface area contributed by atoms with Crippen molar-refractivity contribution in [3.63, 3.8) is 0 Å². The van der Waals surface area contributed by atoms with Crippen LogP contribution in [-0.4, -0.2) is 17.1 Å². The van der Waals surface area contributed by atoms with Crippen LogP contribution < -0.4 is 5.32 Å². The van der Waals surface area contributed by atoms with Crippen LogP contribution in [0.3, 0.4) is 0 Å². The summed E-state index contributed by atoms with van der Waals surface area (Å²) in [4.78, 5) is 10.9. The first-order valence-electron chi connectivity index (χ1n) is 5.34. The molecular formula is C12H16ClNO2. The maximum Gasteiger partial charge on any atom is 0.337 e. The van der Waals surface area contributed by atoms with Gasteiger partial charge < -0.3 is 10.4 Å². The Bertz CT molecular complexity index is 379. The van der Waals surface area contributed by atoms with E-state index < -0.39 is 5.97 Å². The van der Waals surface area contributed by atoms with Crippen LogP contribution in [-0.2, 0) is 0 Å². The van der Waals surface area contributed by atoms with Crippen LogP contribution in [0.2, 0.25) is 5.02 Å². The Hall–Kier alpha value is -1.22. The maximum absolute atomic E-state index is 10.9. The van der Waals surface area contributed by atoms with Gasteiger partial charge in [0.15, 0.2) is 0 Å². The van der Waals surface area contributed by atoms with Crippen molar-refractivity contribution in [1.82, 2.24) is 0 Å². The van der Waals surface area contributed by atoms with E-state index >= 15 is 0 Å². The molecule has 0 amide bonds. The summed E-state index contributed by atoms with van der Waals surface area (Å²) in [5.74, 6) is -1.00. The van der Waals surface area contributed by atoms with Crippen molar-refractivity contribution >= 4 is 23.3 Å². The van der Waals surface area contributed by atoms with Crippen LogP contribution in [0.1, 0.15) is 37.0 Å². The van der Waals surface area contributed by atoms with Gasteiger partial charge in [0.05, 0.1) is 10.6 Å². The molecule has 1 rings (SSSR count). The summed E-state index contributed by atoms with van der Waals surface area (Å²) < 4.78 is 0. The van der Waals surface area contributed by atoms with E-state index in [1.807, 2.05) is 0 Å². The van der Waals surface area contributed by atoms with Gasteiger partial charge in [0.2, 0.25) is 0 Å². The topological polar surface area (TPSA) is 49.3 Å². The third-order valence-corrected chi connectivity index (χ3v) is 2.66. The minimum absolute atomic E-state index is 0.135. The SMILES string of the molecule is CCCC(C)Nc1ccc(Cl)c(C(=O)O)c1.